The Morgan fingerprint density at radius 3 is 2.65 bits per heavy atom. The number of rotatable bonds is 2. The molecule has 0 aromatic rings. The first-order valence-corrected chi connectivity index (χ1v) is 7.07. The number of nitrogens with zero attached hydrogens (tertiary/aromatic N) is 1. The van der Waals surface area contributed by atoms with E-state index in [1.54, 1.807) is 0 Å². The van der Waals surface area contributed by atoms with Gasteiger partial charge in [-0.3, -0.25) is 4.79 Å². The maximum atomic E-state index is 12.2. The van der Waals surface area contributed by atoms with Crippen LogP contribution in [0.25, 0.3) is 0 Å². The predicted molar refractivity (Wildman–Crippen MR) is 67.6 cm³/mol. The van der Waals surface area contributed by atoms with Crippen LogP contribution in [-0.4, -0.2) is 34.6 Å². The summed E-state index contributed by atoms with van der Waals surface area (Å²) in [7, 11) is 0. The fraction of sp³-hybridized carbons (Fsp3) is 0.929. The maximum absolute atomic E-state index is 12.2. The molecule has 0 aromatic carbocycles. The van der Waals surface area contributed by atoms with Crippen LogP contribution in [0, 0.1) is 5.92 Å². The second-order valence-corrected chi connectivity index (χ2v) is 6.12. The van der Waals surface area contributed by atoms with Crippen LogP contribution >= 0.6 is 0 Å². The molecular weight excluding hydrogens is 214 g/mol. The molecule has 1 saturated heterocycles. The molecular formula is C14H25NO2. The fourth-order valence-corrected chi connectivity index (χ4v) is 3.20. The molecule has 3 heteroatoms. The number of likely N-dealkylation sites (tertiary alicyclic amines) is 1. The highest BCUT2D eigenvalue weighted by Crippen LogP contribution is 2.28. The first-order chi connectivity index (χ1) is 8.07. The van der Waals surface area contributed by atoms with Gasteiger partial charge in [0, 0.05) is 19.5 Å². The van der Waals surface area contributed by atoms with Crippen LogP contribution in [0.15, 0.2) is 0 Å². The molecule has 2 aliphatic rings. The minimum absolute atomic E-state index is 0.261. The van der Waals surface area contributed by atoms with Crippen LogP contribution < -0.4 is 0 Å². The van der Waals surface area contributed by atoms with Gasteiger partial charge in [-0.05, 0) is 38.5 Å². The first kappa shape index (κ1) is 12.9. The van der Waals surface area contributed by atoms with Crippen molar-refractivity contribution in [2.24, 2.45) is 5.92 Å². The topological polar surface area (TPSA) is 40.5 Å². The number of carbonyl (C=O) groups excluding carboxylic acids is 1. The number of aliphatic hydroxyl groups is 1. The summed E-state index contributed by atoms with van der Waals surface area (Å²) in [5.74, 6) is 0.861. The molecule has 2 fully saturated rings. The van der Waals surface area contributed by atoms with E-state index in [1.807, 2.05) is 11.8 Å². The van der Waals surface area contributed by atoms with E-state index in [0.717, 1.165) is 19.4 Å². The molecule has 0 spiro atoms. The zero-order chi connectivity index (χ0) is 12.3. The second kappa shape index (κ2) is 5.38. The summed E-state index contributed by atoms with van der Waals surface area (Å²) in [4.78, 5) is 14.0. The highest BCUT2D eigenvalue weighted by atomic mass is 16.3. The van der Waals surface area contributed by atoms with Gasteiger partial charge in [-0.2, -0.15) is 0 Å². The monoisotopic (exact) mass is 239 g/mol. The summed E-state index contributed by atoms with van der Waals surface area (Å²) in [6.45, 7) is 3.20. The largest absolute Gasteiger partial charge is 0.388 e. The molecule has 1 atom stereocenters. The van der Waals surface area contributed by atoms with Gasteiger partial charge in [0.1, 0.15) is 0 Å². The van der Waals surface area contributed by atoms with Gasteiger partial charge in [-0.25, -0.2) is 0 Å². The zero-order valence-electron chi connectivity index (χ0n) is 11.0. The minimum Gasteiger partial charge on any atom is -0.388 e. The van der Waals surface area contributed by atoms with E-state index in [2.05, 4.69) is 0 Å². The van der Waals surface area contributed by atoms with E-state index in [4.69, 9.17) is 0 Å². The van der Waals surface area contributed by atoms with Crippen LogP contribution in [0.1, 0.15) is 58.3 Å². The van der Waals surface area contributed by atoms with Crippen molar-refractivity contribution in [3.8, 4) is 0 Å². The average Bonchev–Trinajstić information content (AvgIpc) is 2.29. The number of amides is 1. The van der Waals surface area contributed by atoms with Gasteiger partial charge in [0.2, 0.25) is 5.91 Å². The Morgan fingerprint density at radius 2 is 2.00 bits per heavy atom. The molecule has 3 nitrogen and oxygen atoms in total. The van der Waals surface area contributed by atoms with Crippen LogP contribution in [0.2, 0.25) is 0 Å². The Morgan fingerprint density at radius 1 is 1.29 bits per heavy atom. The van der Waals surface area contributed by atoms with Crippen molar-refractivity contribution in [2.45, 2.75) is 63.9 Å². The predicted octanol–water partition coefficient (Wildman–Crippen LogP) is 2.33. The van der Waals surface area contributed by atoms with Crippen molar-refractivity contribution < 1.29 is 9.90 Å². The first-order valence-electron chi connectivity index (χ1n) is 7.07. The minimum atomic E-state index is -0.666. The third-order valence-electron chi connectivity index (χ3n) is 4.22. The number of hydrogen-bond donors (Lipinski definition) is 1. The van der Waals surface area contributed by atoms with Gasteiger partial charge < -0.3 is 10.0 Å². The number of carbonyl (C=O) groups is 1. The second-order valence-electron chi connectivity index (χ2n) is 6.12. The molecule has 0 bridgehead atoms. The van der Waals surface area contributed by atoms with Crippen LogP contribution in [0.4, 0.5) is 0 Å². The Bertz CT molecular complexity index is 269. The smallest absolute Gasteiger partial charge is 0.222 e. The summed E-state index contributed by atoms with van der Waals surface area (Å²) in [6, 6.07) is 0. The van der Waals surface area contributed by atoms with E-state index >= 15 is 0 Å². The Labute approximate surface area is 104 Å². The molecule has 17 heavy (non-hydrogen) atoms. The van der Waals surface area contributed by atoms with Crippen molar-refractivity contribution in [1.29, 1.82) is 0 Å². The lowest BCUT2D eigenvalue weighted by Crippen LogP contribution is -2.48. The summed E-state index contributed by atoms with van der Waals surface area (Å²) >= 11 is 0. The Balaban J connectivity index is 1.82. The summed E-state index contributed by atoms with van der Waals surface area (Å²) in [6.07, 6.45) is 8.81. The third-order valence-corrected chi connectivity index (χ3v) is 4.22. The van der Waals surface area contributed by atoms with E-state index in [0.29, 0.717) is 18.9 Å². The molecule has 1 saturated carbocycles. The van der Waals surface area contributed by atoms with E-state index < -0.39 is 5.60 Å². The molecule has 1 aliphatic carbocycles. The number of β-amino-alcohol motifs (C(OH)–C–C–N with tert-alkyl or cyclic N) is 1. The van der Waals surface area contributed by atoms with Crippen LogP contribution in [-0.2, 0) is 4.79 Å². The van der Waals surface area contributed by atoms with E-state index in [-0.39, 0.29) is 5.91 Å². The van der Waals surface area contributed by atoms with Gasteiger partial charge >= 0.3 is 0 Å². The lowest BCUT2D eigenvalue weighted by molar-refractivity contribution is -0.138. The quantitative estimate of drug-likeness (QED) is 0.803. The lowest BCUT2D eigenvalue weighted by atomic mass is 9.86. The van der Waals surface area contributed by atoms with E-state index in [1.165, 1.54) is 32.1 Å². The molecule has 1 heterocycles. The van der Waals surface area contributed by atoms with Crippen molar-refractivity contribution >= 4 is 5.91 Å². The Kier molecular flexibility index (Phi) is 4.08. The standard InChI is InChI=1S/C14H25NO2/c1-14(17)8-5-9-15(11-14)13(16)10-12-6-3-2-4-7-12/h12,17H,2-11H2,1H3. The van der Waals surface area contributed by atoms with Gasteiger partial charge in [0.25, 0.3) is 0 Å². The molecule has 2 rings (SSSR count). The van der Waals surface area contributed by atoms with Gasteiger partial charge in [-0.15, -0.1) is 0 Å². The van der Waals surface area contributed by atoms with Crippen LogP contribution in [0.3, 0.4) is 0 Å². The van der Waals surface area contributed by atoms with Gasteiger partial charge in [0.15, 0.2) is 0 Å². The molecule has 98 valence electrons. The maximum Gasteiger partial charge on any atom is 0.222 e. The van der Waals surface area contributed by atoms with Crippen molar-refractivity contribution in [3.05, 3.63) is 0 Å². The van der Waals surface area contributed by atoms with Gasteiger partial charge in [-0.1, -0.05) is 19.3 Å². The zero-order valence-corrected chi connectivity index (χ0v) is 11.0. The van der Waals surface area contributed by atoms with Gasteiger partial charge in [0.05, 0.1) is 5.60 Å². The van der Waals surface area contributed by atoms with Crippen LogP contribution in [0.5, 0.6) is 0 Å². The Hall–Kier alpha value is -0.570. The number of piperidine rings is 1. The third kappa shape index (κ3) is 3.70. The van der Waals surface area contributed by atoms with Crippen molar-refractivity contribution in [2.75, 3.05) is 13.1 Å². The van der Waals surface area contributed by atoms with Crippen molar-refractivity contribution in [1.82, 2.24) is 4.90 Å². The normalized spacial score (nSPS) is 31.5. The van der Waals surface area contributed by atoms with E-state index in [9.17, 15) is 9.90 Å². The summed E-state index contributed by atoms with van der Waals surface area (Å²) in [5.41, 5.74) is -0.666. The molecule has 1 aliphatic heterocycles. The molecule has 0 radical (unpaired) electrons. The van der Waals surface area contributed by atoms with Crippen molar-refractivity contribution in [3.63, 3.8) is 0 Å². The molecule has 1 unspecified atom stereocenters. The molecule has 1 amide bonds. The highest BCUT2D eigenvalue weighted by Gasteiger charge is 2.31. The average molecular weight is 239 g/mol. The SMILES string of the molecule is CC1(O)CCCN(C(=O)CC2CCCCC2)C1. The fourth-order valence-electron chi connectivity index (χ4n) is 3.20. The summed E-state index contributed by atoms with van der Waals surface area (Å²) in [5, 5.41) is 10.0. The molecule has 1 N–H and O–H groups in total. The lowest BCUT2D eigenvalue weighted by Gasteiger charge is -2.37. The molecule has 0 aromatic heterocycles. The number of hydrogen-bond acceptors (Lipinski definition) is 2. The summed E-state index contributed by atoms with van der Waals surface area (Å²) < 4.78 is 0. The highest BCUT2D eigenvalue weighted by molar-refractivity contribution is 5.76.